The van der Waals surface area contributed by atoms with Crippen molar-refractivity contribution in [3.63, 3.8) is 0 Å². The lowest BCUT2D eigenvalue weighted by atomic mass is 9.75. The van der Waals surface area contributed by atoms with E-state index in [0.29, 0.717) is 11.7 Å². The maximum absolute atomic E-state index is 11.1. The second-order valence-electron chi connectivity index (χ2n) is 5.36. The highest BCUT2D eigenvalue weighted by Crippen LogP contribution is 2.41. The van der Waals surface area contributed by atoms with Gasteiger partial charge in [-0.1, -0.05) is 19.3 Å². The molecular weight excluding hydrogens is 188 g/mol. The minimum Gasteiger partial charge on any atom is -0.375 e. The third-order valence-corrected chi connectivity index (χ3v) is 3.94. The number of hydrogen-bond donors (Lipinski definition) is 0. The van der Waals surface area contributed by atoms with Crippen LogP contribution in [0.25, 0.3) is 0 Å². The van der Waals surface area contributed by atoms with Gasteiger partial charge < -0.3 is 9.53 Å². The molecule has 0 aromatic carbocycles. The molecule has 86 valence electrons. The summed E-state index contributed by atoms with van der Waals surface area (Å²) in [4.78, 5) is 11.1. The van der Waals surface area contributed by atoms with E-state index in [-0.39, 0.29) is 5.60 Å². The molecule has 1 heterocycles. The van der Waals surface area contributed by atoms with Gasteiger partial charge in [0.2, 0.25) is 0 Å². The number of ketones is 1. The molecule has 0 bridgehead atoms. The average molecular weight is 210 g/mol. The highest BCUT2D eigenvalue weighted by Gasteiger charge is 2.38. The molecule has 15 heavy (non-hydrogen) atoms. The van der Waals surface area contributed by atoms with E-state index in [1.165, 1.54) is 32.1 Å². The maximum Gasteiger partial charge on any atom is 0.130 e. The smallest absolute Gasteiger partial charge is 0.130 e. The van der Waals surface area contributed by atoms with Gasteiger partial charge in [-0.25, -0.2) is 0 Å². The molecule has 1 spiro atoms. The standard InChI is InChI=1S/C13H22O2/c1-11(14)9-12-5-8-15-13(10-12)6-3-2-4-7-13/h12H,2-10H2,1H3. The zero-order chi connectivity index (χ0) is 10.7. The Morgan fingerprint density at radius 3 is 2.73 bits per heavy atom. The molecule has 0 amide bonds. The summed E-state index contributed by atoms with van der Waals surface area (Å²) in [5.74, 6) is 0.933. The predicted octanol–water partition coefficient (Wildman–Crippen LogP) is 3.10. The van der Waals surface area contributed by atoms with Crippen LogP contribution in [0.15, 0.2) is 0 Å². The molecule has 0 aromatic heterocycles. The summed E-state index contributed by atoms with van der Waals surface area (Å²) in [6.07, 6.45) is 9.42. The molecule has 2 fully saturated rings. The highest BCUT2D eigenvalue weighted by molar-refractivity contribution is 5.75. The van der Waals surface area contributed by atoms with Gasteiger partial charge >= 0.3 is 0 Å². The second kappa shape index (κ2) is 4.65. The van der Waals surface area contributed by atoms with Gasteiger partial charge in [-0.3, -0.25) is 0 Å². The van der Waals surface area contributed by atoms with E-state index in [2.05, 4.69) is 0 Å². The van der Waals surface area contributed by atoms with Crippen LogP contribution in [0.5, 0.6) is 0 Å². The number of hydrogen-bond acceptors (Lipinski definition) is 2. The lowest BCUT2D eigenvalue weighted by Gasteiger charge is -2.43. The maximum atomic E-state index is 11.1. The molecule has 1 saturated carbocycles. The molecule has 1 aliphatic heterocycles. The van der Waals surface area contributed by atoms with Crippen LogP contribution >= 0.6 is 0 Å². The Hall–Kier alpha value is -0.370. The fourth-order valence-corrected chi connectivity index (χ4v) is 3.25. The van der Waals surface area contributed by atoms with Gasteiger partial charge in [-0.15, -0.1) is 0 Å². The Balaban J connectivity index is 1.93. The number of rotatable bonds is 2. The van der Waals surface area contributed by atoms with E-state index < -0.39 is 0 Å². The van der Waals surface area contributed by atoms with E-state index in [0.717, 1.165) is 25.9 Å². The van der Waals surface area contributed by atoms with Crippen LogP contribution in [0.1, 0.15) is 58.3 Å². The Morgan fingerprint density at radius 2 is 2.07 bits per heavy atom. The molecule has 2 aliphatic rings. The van der Waals surface area contributed by atoms with Crippen LogP contribution in [0.4, 0.5) is 0 Å². The van der Waals surface area contributed by atoms with Crippen LogP contribution in [0, 0.1) is 5.92 Å². The van der Waals surface area contributed by atoms with Crippen molar-refractivity contribution in [3.05, 3.63) is 0 Å². The van der Waals surface area contributed by atoms with E-state index in [1.807, 2.05) is 0 Å². The first kappa shape index (κ1) is 11.1. The van der Waals surface area contributed by atoms with Gasteiger partial charge in [0.25, 0.3) is 0 Å². The molecule has 2 heteroatoms. The van der Waals surface area contributed by atoms with Gasteiger partial charge in [0.15, 0.2) is 0 Å². The van der Waals surface area contributed by atoms with E-state index in [9.17, 15) is 4.79 Å². The zero-order valence-corrected chi connectivity index (χ0v) is 9.76. The van der Waals surface area contributed by atoms with Gasteiger partial charge in [-0.05, 0) is 38.5 Å². The molecule has 2 nitrogen and oxygen atoms in total. The second-order valence-corrected chi connectivity index (χ2v) is 5.36. The van der Waals surface area contributed by atoms with Crippen molar-refractivity contribution in [1.29, 1.82) is 0 Å². The summed E-state index contributed by atoms with van der Waals surface area (Å²) in [6, 6.07) is 0. The molecule has 1 atom stereocenters. The average Bonchev–Trinajstić information content (AvgIpc) is 2.17. The summed E-state index contributed by atoms with van der Waals surface area (Å²) < 4.78 is 6.01. The van der Waals surface area contributed by atoms with Gasteiger partial charge in [0, 0.05) is 13.0 Å². The fourth-order valence-electron chi connectivity index (χ4n) is 3.25. The lowest BCUT2D eigenvalue weighted by Crippen LogP contribution is -2.41. The summed E-state index contributed by atoms with van der Waals surface area (Å²) in [5, 5.41) is 0. The Labute approximate surface area is 92.4 Å². The van der Waals surface area contributed by atoms with Crippen molar-refractivity contribution >= 4 is 5.78 Å². The van der Waals surface area contributed by atoms with E-state index in [1.54, 1.807) is 6.92 Å². The first-order valence-electron chi connectivity index (χ1n) is 6.34. The van der Waals surface area contributed by atoms with Crippen LogP contribution in [0.3, 0.4) is 0 Å². The quantitative estimate of drug-likeness (QED) is 0.700. The molecule has 1 saturated heterocycles. The minimum atomic E-state index is 0.163. The summed E-state index contributed by atoms with van der Waals surface area (Å²) in [5.41, 5.74) is 0.163. The Bertz CT molecular complexity index is 223. The van der Waals surface area contributed by atoms with E-state index >= 15 is 0 Å². The molecule has 1 aliphatic carbocycles. The van der Waals surface area contributed by atoms with Crippen molar-refractivity contribution in [2.24, 2.45) is 5.92 Å². The van der Waals surface area contributed by atoms with Crippen molar-refractivity contribution < 1.29 is 9.53 Å². The fraction of sp³-hybridized carbons (Fsp3) is 0.923. The van der Waals surface area contributed by atoms with Crippen LogP contribution in [0.2, 0.25) is 0 Å². The summed E-state index contributed by atoms with van der Waals surface area (Å²) in [7, 11) is 0. The van der Waals surface area contributed by atoms with Gasteiger partial charge in [-0.2, -0.15) is 0 Å². The van der Waals surface area contributed by atoms with Crippen molar-refractivity contribution in [1.82, 2.24) is 0 Å². The van der Waals surface area contributed by atoms with Crippen LogP contribution in [-0.2, 0) is 9.53 Å². The lowest BCUT2D eigenvalue weighted by molar-refractivity contribution is -0.129. The monoisotopic (exact) mass is 210 g/mol. The number of ether oxygens (including phenoxy) is 1. The Morgan fingerprint density at radius 1 is 1.33 bits per heavy atom. The molecule has 2 rings (SSSR count). The number of carbonyl (C=O) groups excluding carboxylic acids is 1. The third kappa shape index (κ3) is 2.81. The number of Topliss-reactive ketones (excluding diaryl/α,β-unsaturated/α-hetero) is 1. The van der Waals surface area contributed by atoms with Crippen molar-refractivity contribution in [2.45, 2.75) is 63.9 Å². The van der Waals surface area contributed by atoms with E-state index in [4.69, 9.17) is 4.74 Å². The minimum absolute atomic E-state index is 0.163. The normalized spacial score (nSPS) is 30.3. The molecular formula is C13H22O2. The SMILES string of the molecule is CC(=O)CC1CCOC2(CCCCC2)C1. The number of carbonyl (C=O) groups is 1. The predicted molar refractivity (Wildman–Crippen MR) is 59.8 cm³/mol. The largest absolute Gasteiger partial charge is 0.375 e. The molecule has 0 aromatic rings. The molecule has 0 N–H and O–H groups in total. The third-order valence-electron chi connectivity index (χ3n) is 3.94. The summed E-state index contributed by atoms with van der Waals surface area (Å²) >= 11 is 0. The molecule has 0 radical (unpaired) electrons. The topological polar surface area (TPSA) is 26.3 Å². The highest BCUT2D eigenvalue weighted by atomic mass is 16.5. The first-order valence-corrected chi connectivity index (χ1v) is 6.34. The van der Waals surface area contributed by atoms with Crippen LogP contribution in [-0.4, -0.2) is 18.0 Å². The van der Waals surface area contributed by atoms with Crippen LogP contribution < -0.4 is 0 Å². The summed E-state index contributed by atoms with van der Waals surface area (Å²) in [6.45, 7) is 2.58. The zero-order valence-electron chi connectivity index (χ0n) is 9.76. The van der Waals surface area contributed by atoms with Crippen molar-refractivity contribution in [2.75, 3.05) is 6.61 Å². The van der Waals surface area contributed by atoms with Gasteiger partial charge in [0.1, 0.15) is 5.78 Å². The molecule has 1 unspecified atom stereocenters. The van der Waals surface area contributed by atoms with Gasteiger partial charge in [0.05, 0.1) is 5.60 Å². The Kier molecular flexibility index (Phi) is 3.45. The van der Waals surface area contributed by atoms with Crippen molar-refractivity contribution in [3.8, 4) is 0 Å². The first-order chi connectivity index (χ1) is 7.20.